The van der Waals surface area contributed by atoms with Gasteiger partial charge >= 0.3 is 13.8 Å². The van der Waals surface area contributed by atoms with Gasteiger partial charge in [-0.3, -0.25) is 18.9 Å². The van der Waals surface area contributed by atoms with Crippen LogP contribution in [0.2, 0.25) is 0 Å². The molecule has 0 amide bonds. The van der Waals surface area contributed by atoms with E-state index in [1.165, 1.54) is 17.0 Å². The molecule has 1 atom stereocenters. The molecule has 0 aliphatic heterocycles. The van der Waals surface area contributed by atoms with Crippen molar-refractivity contribution in [2.24, 2.45) is 0 Å². The largest absolute Gasteiger partial charge is 0.515 e. The van der Waals surface area contributed by atoms with Crippen molar-refractivity contribution in [2.45, 2.75) is 27.0 Å². The minimum absolute atomic E-state index is 0.00790. The number of H-pyrrole nitrogens is 1. The molecule has 2 aromatic heterocycles. The molecule has 4 aromatic rings. The van der Waals surface area contributed by atoms with E-state index in [1.54, 1.807) is 43.3 Å². The number of anilines is 1. The van der Waals surface area contributed by atoms with Gasteiger partial charge in [0.2, 0.25) is 12.7 Å². The molecule has 0 saturated carbocycles. The van der Waals surface area contributed by atoms with Gasteiger partial charge in [0, 0.05) is 6.54 Å². The fraction of sp³-hybridized carbons (Fsp3) is 0.280. The van der Waals surface area contributed by atoms with Crippen LogP contribution in [-0.2, 0) is 36.2 Å². The molecule has 2 aromatic carbocycles. The summed E-state index contributed by atoms with van der Waals surface area (Å²) in [5, 5.41) is 0. The summed E-state index contributed by atoms with van der Waals surface area (Å²) in [4.78, 5) is 34.4. The third kappa shape index (κ3) is 7.73. The number of fused-ring (bicyclic) bond motifs is 1. The lowest BCUT2D eigenvalue weighted by molar-refractivity contribution is 0.0154. The van der Waals surface area contributed by atoms with Crippen molar-refractivity contribution in [3.05, 3.63) is 81.7 Å². The Balaban J connectivity index is 1.35. The number of ether oxygens (including phenoxy) is 3. The van der Waals surface area contributed by atoms with Crippen molar-refractivity contribution in [3.8, 4) is 5.75 Å². The lowest BCUT2D eigenvalue weighted by Gasteiger charge is -2.19. The molecule has 13 nitrogen and oxygen atoms in total. The predicted molar refractivity (Wildman–Crippen MR) is 141 cm³/mol. The first-order valence-corrected chi connectivity index (χ1v) is 13.7. The average Bonchev–Trinajstić information content (AvgIpc) is 3.32. The second-order valence-electron chi connectivity index (χ2n) is 8.62. The van der Waals surface area contributed by atoms with Crippen LogP contribution >= 0.6 is 7.60 Å². The first-order chi connectivity index (χ1) is 19.1. The summed E-state index contributed by atoms with van der Waals surface area (Å²) in [5.41, 5.74) is 7.30. The smallest absolute Gasteiger partial charge is 0.406 e. The highest BCUT2D eigenvalue weighted by molar-refractivity contribution is 7.53. The molecule has 0 aliphatic carbocycles. The number of nitrogen functional groups attached to an aromatic ring is 1. The lowest BCUT2D eigenvalue weighted by Crippen LogP contribution is -2.15. The number of halogens is 1. The van der Waals surface area contributed by atoms with Crippen LogP contribution in [0.25, 0.3) is 11.2 Å². The SMILES string of the molecule is Cc1ccc(OC(=O)OCOP(=O)(COCCn2cnc3c(=O)[nH]c(N)nc32)OCc2ccc(C)c(F)c2)cc1. The Morgan fingerprint density at radius 1 is 1.15 bits per heavy atom. The number of aromatic nitrogens is 4. The minimum Gasteiger partial charge on any atom is -0.406 e. The summed E-state index contributed by atoms with van der Waals surface area (Å²) < 4.78 is 55.1. The molecular formula is C25H27FN5O8P. The Morgan fingerprint density at radius 3 is 2.67 bits per heavy atom. The number of carbonyl (C=O) groups is 1. The summed E-state index contributed by atoms with van der Waals surface area (Å²) in [5.74, 6) is -0.263. The maximum Gasteiger partial charge on any atom is 0.515 e. The number of nitrogens with two attached hydrogens (primary N) is 1. The number of benzene rings is 2. The number of nitrogens with one attached hydrogen (secondary N) is 1. The number of hydrogen-bond acceptors (Lipinski definition) is 11. The van der Waals surface area contributed by atoms with Crippen LogP contribution in [0.1, 0.15) is 16.7 Å². The summed E-state index contributed by atoms with van der Waals surface area (Å²) in [6.07, 6.45) is -0.215. The molecule has 0 radical (unpaired) electrons. The van der Waals surface area contributed by atoms with E-state index in [1.807, 2.05) is 6.92 Å². The second kappa shape index (κ2) is 12.8. The highest BCUT2D eigenvalue weighted by Crippen LogP contribution is 2.49. The fourth-order valence-corrected chi connectivity index (χ4v) is 4.51. The van der Waals surface area contributed by atoms with E-state index >= 15 is 0 Å². The summed E-state index contributed by atoms with van der Waals surface area (Å²) >= 11 is 0. The van der Waals surface area contributed by atoms with Crippen LogP contribution in [0.3, 0.4) is 0 Å². The summed E-state index contributed by atoms with van der Waals surface area (Å²) in [7, 11) is -4.02. The maximum atomic E-state index is 13.9. The molecule has 40 heavy (non-hydrogen) atoms. The normalized spacial score (nSPS) is 12.8. The molecule has 0 aliphatic rings. The van der Waals surface area contributed by atoms with Gasteiger partial charge in [-0.05, 0) is 43.2 Å². The Kier molecular flexibility index (Phi) is 9.27. The van der Waals surface area contributed by atoms with Gasteiger partial charge in [-0.15, -0.1) is 0 Å². The third-order valence-corrected chi connectivity index (χ3v) is 7.05. The van der Waals surface area contributed by atoms with Gasteiger partial charge in [-0.2, -0.15) is 4.98 Å². The lowest BCUT2D eigenvalue weighted by atomic mass is 10.1. The molecule has 212 valence electrons. The summed E-state index contributed by atoms with van der Waals surface area (Å²) in [6, 6.07) is 11.1. The topological polar surface area (TPSA) is 170 Å². The Hall–Kier alpha value is -4.10. The second-order valence-corrected chi connectivity index (χ2v) is 10.6. The Labute approximate surface area is 227 Å². The van der Waals surface area contributed by atoms with Gasteiger partial charge < -0.3 is 29.0 Å². The third-order valence-electron chi connectivity index (χ3n) is 5.53. The number of aryl methyl sites for hydroxylation is 2. The summed E-state index contributed by atoms with van der Waals surface area (Å²) in [6.45, 7) is 2.64. The van der Waals surface area contributed by atoms with Crippen molar-refractivity contribution >= 4 is 30.9 Å². The zero-order valence-corrected chi connectivity index (χ0v) is 22.6. The van der Waals surface area contributed by atoms with Gasteiger partial charge in [0.25, 0.3) is 5.56 Å². The first-order valence-electron chi connectivity index (χ1n) is 11.9. The van der Waals surface area contributed by atoms with Crippen LogP contribution in [0.5, 0.6) is 5.75 Å². The average molecular weight is 575 g/mol. The van der Waals surface area contributed by atoms with Gasteiger partial charge in [-0.25, -0.2) is 14.2 Å². The van der Waals surface area contributed by atoms with Gasteiger partial charge in [-0.1, -0.05) is 29.8 Å². The van der Waals surface area contributed by atoms with Crippen molar-refractivity contribution in [1.82, 2.24) is 19.5 Å². The number of hydrogen-bond donors (Lipinski definition) is 2. The molecule has 0 spiro atoms. The molecule has 0 fully saturated rings. The van der Waals surface area contributed by atoms with E-state index in [4.69, 9.17) is 29.0 Å². The molecule has 3 N–H and O–H groups in total. The quantitative estimate of drug-likeness (QED) is 0.0822. The molecule has 0 saturated heterocycles. The number of aromatic amines is 1. The van der Waals surface area contributed by atoms with Crippen LogP contribution < -0.4 is 16.0 Å². The zero-order chi connectivity index (χ0) is 28.7. The van der Waals surface area contributed by atoms with Crippen LogP contribution in [-0.4, -0.2) is 45.4 Å². The van der Waals surface area contributed by atoms with E-state index < -0.39 is 38.3 Å². The standard InChI is InChI=1S/C25H27FN5O8P/c1-16-3-7-19(8-4-16)39-25(33)36-14-38-40(34,37-12-18-6-5-17(2)20(26)11-18)15-35-10-9-31-13-28-21-22(31)29-24(27)30-23(21)32/h3-8,11,13H,9-10,12,14-15H2,1-2H3,(H3,27,29,30,32). The predicted octanol–water partition coefficient (Wildman–Crippen LogP) is 4.03. The number of rotatable bonds is 12. The molecule has 0 bridgehead atoms. The fourth-order valence-electron chi connectivity index (χ4n) is 3.37. The monoisotopic (exact) mass is 575 g/mol. The molecule has 15 heteroatoms. The van der Waals surface area contributed by atoms with E-state index in [9.17, 15) is 18.5 Å². The Bertz CT molecular complexity index is 1590. The minimum atomic E-state index is -4.02. The maximum absolute atomic E-state index is 13.9. The zero-order valence-electron chi connectivity index (χ0n) is 21.7. The first kappa shape index (κ1) is 28.9. The van der Waals surface area contributed by atoms with E-state index in [-0.39, 0.29) is 42.6 Å². The van der Waals surface area contributed by atoms with Crippen LogP contribution in [0.15, 0.2) is 53.6 Å². The molecule has 1 unspecified atom stereocenters. The number of imidazole rings is 1. The highest BCUT2D eigenvalue weighted by atomic mass is 31.2. The van der Waals surface area contributed by atoms with E-state index in [2.05, 4.69) is 15.0 Å². The van der Waals surface area contributed by atoms with Gasteiger partial charge in [0.1, 0.15) is 17.9 Å². The number of nitrogens with zero attached hydrogens (tertiary/aromatic N) is 3. The molecule has 2 heterocycles. The van der Waals surface area contributed by atoms with Crippen molar-refractivity contribution in [2.75, 3.05) is 25.5 Å². The van der Waals surface area contributed by atoms with Crippen LogP contribution in [0.4, 0.5) is 15.1 Å². The van der Waals surface area contributed by atoms with Crippen LogP contribution in [0, 0.1) is 19.7 Å². The van der Waals surface area contributed by atoms with Crippen molar-refractivity contribution in [3.63, 3.8) is 0 Å². The number of carbonyl (C=O) groups excluding carboxylic acids is 1. The van der Waals surface area contributed by atoms with Gasteiger partial charge in [0.05, 0.1) is 19.5 Å². The van der Waals surface area contributed by atoms with Gasteiger partial charge in [0.15, 0.2) is 11.2 Å². The molecule has 4 rings (SSSR count). The van der Waals surface area contributed by atoms with E-state index in [0.29, 0.717) is 11.1 Å². The van der Waals surface area contributed by atoms with Crippen molar-refractivity contribution < 1.29 is 37.0 Å². The van der Waals surface area contributed by atoms with E-state index in [0.717, 1.165) is 5.56 Å². The van der Waals surface area contributed by atoms with Crippen molar-refractivity contribution in [1.29, 1.82) is 0 Å². The highest BCUT2D eigenvalue weighted by Gasteiger charge is 2.27. The molecular weight excluding hydrogens is 548 g/mol. The Morgan fingerprint density at radius 2 is 1.93 bits per heavy atom.